The van der Waals surface area contributed by atoms with E-state index >= 15 is 0 Å². The number of benzene rings is 1. The Morgan fingerprint density at radius 2 is 1.96 bits per heavy atom. The van der Waals surface area contributed by atoms with Gasteiger partial charge >= 0.3 is 0 Å². The lowest BCUT2D eigenvalue weighted by Gasteiger charge is -2.12. The summed E-state index contributed by atoms with van der Waals surface area (Å²) < 4.78 is 1.08. The number of hydrogen-bond donors (Lipinski definition) is 2. The number of nitrogens with zero attached hydrogens (tertiary/aromatic N) is 3. The van der Waals surface area contributed by atoms with Gasteiger partial charge in [0.15, 0.2) is 5.13 Å². The van der Waals surface area contributed by atoms with E-state index in [1.807, 2.05) is 42.7 Å². The number of hydrogen-bond acceptors (Lipinski definition) is 7. The molecule has 3 N–H and O–H groups in total. The molecule has 26 heavy (non-hydrogen) atoms. The van der Waals surface area contributed by atoms with Gasteiger partial charge in [0.05, 0.1) is 21.3 Å². The van der Waals surface area contributed by atoms with Crippen LogP contribution in [0.2, 0.25) is 5.02 Å². The van der Waals surface area contributed by atoms with Crippen LogP contribution in [0.5, 0.6) is 0 Å². The molecule has 8 heteroatoms. The van der Waals surface area contributed by atoms with Crippen molar-refractivity contribution in [2.24, 2.45) is 5.73 Å². The van der Waals surface area contributed by atoms with E-state index in [9.17, 15) is 0 Å². The van der Waals surface area contributed by atoms with Gasteiger partial charge in [-0.2, -0.15) is 0 Å². The first-order chi connectivity index (χ1) is 12.7. The van der Waals surface area contributed by atoms with Crippen LogP contribution in [-0.4, -0.2) is 27.5 Å². The van der Waals surface area contributed by atoms with E-state index in [4.69, 9.17) is 17.3 Å². The monoisotopic (exact) mass is 401 g/mol. The number of fused-ring (bicyclic) bond motifs is 1. The van der Waals surface area contributed by atoms with Gasteiger partial charge in [0, 0.05) is 30.0 Å². The second kappa shape index (κ2) is 7.67. The average molecular weight is 402 g/mol. The van der Waals surface area contributed by atoms with E-state index < -0.39 is 0 Å². The van der Waals surface area contributed by atoms with Crippen LogP contribution in [0.1, 0.15) is 5.56 Å². The van der Waals surface area contributed by atoms with Crippen LogP contribution in [0.4, 0.5) is 5.13 Å². The van der Waals surface area contributed by atoms with Crippen molar-refractivity contribution in [3.05, 3.63) is 59.5 Å². The van der Waals surface area contributed by atoms with Crippen LogP contribution in [0.3, 0.4) is 0 Å². The molecule has 0 saturated heterocycles. The Morgan fingerprint density at radius 3 is 2.77 bits per heavy atom. The highest BCUT2D eigenvalue weighted by molar-refractivity contribution is 7.26. The standard InChI is InChI=1S/C18H16ClN5S2/c19-12-3-1-11(2-4-12)7-13(20)8-22-18-23-10-16(26-18)17-24-14-5-6-21-9-15(14)25-17/h1-6,9-10,13H,7-8,20H2,(H,22,23). The van der Waals surface area contributed by atoms with Gasteiger partial charge in [-0.25, -0.2) is 9.97 Å². The summed E-state index contributed by atoms with van der Waals surface area (Å²) in [5.41, 5.74) is 8.36. The van der Waals surface area contributed by atoms with E-state index in [1.165, 1.54) is 5.56 Å². The van der Waals surface area contributed by atoms with Crippen molar-refractivity contribution in [2.75, 3.05) is 11.9 Å². The van der Waals surface area contributed by atoms with Crippen LogP contribution in [0.25, 0.3) is 20.1 Å². The normalized spacial score (nSPS) is 12.4. The summed E-state index contributed by atoms with van der Waals surface area (Å²) in [5, 5.41) is 5.87. The minimum Gasteiger partial charge on any atom is -0.360 e. The Morgan fingerprint density at radius 1 is 1.12 bits per heavy atom. The number of rotatable bonds is 6. The minimum atomic E-state index is -0.00273. The summed E-state index contributed by atoms with van der Waals surface area (Å²) in [6.45, 7) is 0.652. The van der Waals surface area contributed by atoms with Crippen LogP contribution in [-0.2, 0) is 6.42 Å². The zero-order chi connectivity index (χ0) is 17.9. The molecule has 3 aromatic heterocycles. The smallest absolute Gasteiger partial charge is 0.183 e. The molecule has 0 fully saturated rings. The molecular formula is C18H16ClN5S2. The highest BCUT2D eigenvalue weighted by atomic mass is 35.5. The number of nitrogens with one attached hydrogen (secondary N) is 1. The van der Waals surface area contributed by atoms with E-state index in [-0.39, 0.29) is 6.04 Å². The van der Waals surface area contributed by atoms with Crippen molar-refractivity contribution in [3.63, 3.8) is 0 Å². The first-order valence-electron chi connectivity index (χ1n) is 8.08. The van der Waals surface area contributed by atoms with Crippen molar-refractivity contribution in [3.8, 4) is 9.88 Å². The summed E-state index contributed by atoms with van der Waals surface area (Å²) >= 11 is 9.12. The number of halogens is 1. The Kier molecular flexibility index (Phi) is 5.12. The second-order valence-corrected chi connectivity index (χ2v) is 8.36. The lowest BCUT2D eigenvalue weighted by molar-refractivity contribution is 0.699. The number of thiazole rings is 2. The van der Waals surface area contributed by atoms with Gasteiger partial charge in [-0.3, -0.25) is 4.98 Å². The highest BCUT2D eigenvalue weighted by Crippen LogP contribution is 2.34. The third-order valence-electron chi connectivity index (χ3n) is 3.83. The molecule has 0 aliphatic heterocycles. The van der Waals surface area contributed by atoms with E-state index in [1.54, 1.807) is 28.9 Å². The van der Waals surface area contributed by atoms with Crippen LogP contribution in [0, 0.1) is 0 Å². The molecule has 3 heterocycles. The van der Waals surface area contributed by atoms with Crippen LogP contribution >= 0.6 is 34.3 Å². The lowest BCUT2D eigenvalue weighted by Crippen LogP contribution is -2.31. The Hall–Kier alpha value is -2.06. The molecule has 0 aliphatic rings. The third kappa shape index (κ3) is 4.02. The zero-order valence-corrected chi connectivity index (χ0v) is 16.1. The molecule has 0 radical (unpaired) electrons. The molecule has 1 aromatic carbocycles. The third-order valence-corrected chi connectivity index (χ3v) is 6.22. The summed E-state index contributed by atoms with van der Waals surface area (Å²) in [5.74, 6) is 0. The summed E-state index contributed by atoms with van der Waals surface area (Å²) in [6, 6.07) is 9.70. The fraction of sp³-hybridized carbons (Fsp3) is 0.167. The number of aromatic nitrogens is 3. The van der Waals surface area contributed by atoms with Crippen LogP contribution < -0.4 is 11.1 Å². The van der Waals surface area contributed by atoms with Gasteiger partial charge in [0.25, 0.3) is 0 Å². The summed E-state index contributed by atoms with van der Waals surface area (Å²) in [7, 11) is 0. The van der Waals surface area contributed by atoms with Gasteiger partial charge in [0.1, 0.15) is 5.01 Å². The first kappa shape index (κ1) is 17.4. The van der Waals surface area contributed by atoms with Gasteiger partial charge < -0.3 is 11.1 Å². The first-order valence-corrected chi connectivity index (χ1v) is 10.1. The van der Waals surface area contributed by atoms with Crippen molar-refractivity contribution in [2.45, 2.75) is 12.5 Å². The topological polar surface area (TPSA) is 76.7 Å². The molecule has 0 amide bonds. The Labute approximate surface area is 163 Å². The SMILES string of the molecule is NC(CNc1ncc(-c2nc3ccncc3s2)s1)Cc1ccc(Cl)cc1. The van der Waals surface area contributed by atoms with Gasteiger partial charge in [-0.1, -0.05) is 35.1 Å². The quantitative estimate of drug-likeness (QED) is 0.499. The van der Waals surface area contributed by atoms with Crippen molar-refractivity contribution in [1.82, 2.24) is 15.0 Å². The molecule has 5 nitrogen and oxygen atoms in total. The van der Waals surface area contributed by atoms with E-state index in [0.717, 1.165) is 36.7 Å². The Balaban J connectivity index is 1.38. The van der Waals surface area contributed by atoms with E-state index in [2.05, 4.69) is 20.3 Å². The molecule has 132 valence electrons. The molecule has 0 aliphatic carbocycles. The summed E-state index contributed by atoms with van der Waals surface area (Å²) in [6.07, 6.45) is 6.23. The van der Waals surface area contributed by atoms with Crippen molar-refractivity contribution >= 4 is 49.6 Å². The molecule has 1 atom stereocenters. The number of anilines is 1. The fourth-order valence-corrected chi connectivity index (χ4v) is 4.47. The lowest BCUT2D eigenvalue weighted by atomic mass is 10.1. The maximum absolute atomic E-state index is 6.22. The maximum Gasteiger partial charge on any atom is 0.183 e. The van der Waals surface area contributed by atoms with Gasteiger partial charge in [-0.15, -0.1) is 11.3 Å². The molecule has 0 saturated carbocycles. The van der Waals surface area contributed by atoms with Crippen molar-refractivity contribution in [1.29, 1.82) is 0 Å². The molecule has 4 aromatic rings. The van der Waals surface area contributed by atoms with Gasteiger partial charge in [-0.05, 0) is 30.2 Å². The highest BCUT2D eigenvalue weighted by Gasteiger charge is 2.11. The minimum absolute atomic E-state index is 0.00273. The van der Waals surface area contributed by atoms with E-state index in [0.29, 0.717) is 6.54 Å². The molecule has 4 rings (SSSR count). The predicted octanol–water partition coefficient (Wildman–Crippen LogP) is 4.45. The molecule has 1 unspecified atom stereocenters. The molecule has 0 bridgehead atoms. The maximum atomic E-state index is 6.22. The fourth-order valence-electron chi connectivity index (χ4n) is 2.55. The zero-order valence-electron chi connectivity index (χ0n) is 13.7. The van der Waals surface area contributed by atoms with Crippen molar-refractivity contribution < 1.29 is 0 Å². The van der Waals surface area contributed by atoms with Gasteiger partial charge in [0.2, 0.25) is 0 Å². The largest absolute Gasteiger partial charge is 0.360 e. The summed E-state index contributed by atoms with van der Waals surface area (Å²) in [4.78, 5) is 14.3. The average Bonchev–Trinajstić information content (AvgIpc) is 3.28. The predicted molar refractivity (Wildman–Crippen MR) is 110 cm³/mol. The number of pyridine rings is 1. The molecule has 0 spiro atoms. The molecular weight excluding hydrogens is 386 g/mol. The number of nitrogens with two attached hydrogens (primary N) is 1. The Bertz CT molecular complexity index is 979. The second-order valence-electron chi connectivity index (χ2n) is 5.86. The van der Waals surface area contributed by atoms with Crippen LogP contribution in [0.15, 0.2) is 48.9 Å².